The van der Waals surface area contributed by atoms with Gasteiger partial charge in [0.1, 0.15) is 11.7 Å². The number of hydrogen-bond acceptors (Lipinski definition) is 6. The molecule has 0 bridgehead atoms. The molecule has 2 unspecified atom stereocenters. The van der Waals surface area contributed by atoms with E-state index in [1.807, 2.05) is 43.9 Å². The number of nitrogens with zero attached hydrogens (tertiary/aromatic N) is 1. The van der Waals surface area contributed by atoms with E-state index in [1.54, 1.807) is 7.11 Å². The van der Waals surface area contributed by atoms with Crippen LogP contribution in [-0.2, 0) is 16.7 Å². The number of aliphatic hydroxyl groups is 1. The first-order valence-corrected chi connectivity index (χ1v) is 13.4. The molecule has 1 aromatic rings. The summed E-state index contributed by atoms with van der Waals surface area (Å²) < 4.78 is 17.1. The average Bonchev–Trinajstić information content (AvgIpc) is 3.06. The number of unbranched alkanes of at least 4 members (excludes halogenated alkanes) is 3. The molecule has 3 aliphatic rings. The zero-order valence-electron chi connectivity index (χ0n) is 22.5. The first kappa shape index (κ1) is 27.1. The van der Waals surface area contributed by atoms with Crippen molar-refractivity contribution in [2.45, 2.75) is 89.1 Å². The van der Waals surface area contributed by atoms with Gasteiger partial charge in [0.05, 0.1) is 18.6 Å². The second-order valence-corrected chi connectivity index (χ2v) is 11.2. The second kappa shape index (κ2) is 11.2. The number of alkyl carbamates (subject to hydrolysis) is 1. The normalized spacial score (nSPS) is 23.9. The topological polar surface area (TPSA) is 109 Å². The van der Waals surface area contributed by atoms with E-state index in [0.717, 1.165) is 49.0 Å². The third-order valence-corrected chi connectivity index (χ3v) is 7.29. The van der Waals surface area contributed by atoms with E-state index in [2.05, 4.69) is 16.7 Å². The minimum Gasteiger partial charge on any atom is -0.493 e. The van der Waals surface area contributed by atoms with Crippen LogP contribution in [-0.4, -0.2) is 66.7 Å². The van der Waals surface area contributed by atoms with Gasteiger partial charge in [0.2, 0.25) is 0 Å². The minimum absolute atomic E-state index is 0.0650. The fourth-order valence-corrected chi connectivity index (χ4v) is 5.52. The van der Waals surface area contributed by atoms with Crippen LogP contribution in [0.4, 0.5) is 9.59 Å². The molecule has 0 saturated carbocycles. The molecule has 0 fully saturated rings. The number of carbonyl (C=O) groups excluding carboxylic acids is 2. The summed E-state index contributed by atoms with van der Waals surface area (Å²) in [6.45, 7) is 7.82. The Labute approximate surface area is 219 Å². The molecular weight excluding hydrogens is 474 g/mol. The highest BCUT2D eigenvalue weighted by atomic mass is 16.6. The number of rotatable bonds is 8. The van der Waals surface area contributed by atoms with Gasteiger partial charge in [-0.15, -0.1) is 0 Å². The number of ether oxygens (including phenoxy) is 3. The van der Waals surface area contributed by atoms with Gasteiger partial charge in [-0.1, -0.05) is 31.1 Å². The zero-order chi connectivity index (χ0) is 26.6. The largest absolute Gasteiger partial charge is 0.493 e. The summed E-state index contributed by atoms with van der Waals surface area (Å²) in [7, 11) is 1.63. The van der Waals surface area contributed by atoms with Crippen LogP contribution in [0.15, 0.2) is 24.3 Å². The van der Waals surface area contributed by atoms with Gasteiger partial charge in [0.15, 0.2) is 11.5 Å². The molecule has 4 rings (SSSR count). The summed E-state index contributed by atoms with van der Waals surface area (Å²) in [6, 6.07) is 3.86. The maximum Gasteiger partial charge on any atom is 0.407 e. The molecule has 3 N–H and O–H groups in total. The number of aliphatic hydroxyl groups excluding tert-OH is 1. The Bertz CT molecular complexity index is 1020. The Morgan fingerprint density at radius 1 is 1.16 bits per heavy atom. The number of methoxy groups -OCH3 is 1. The summed E-state index contributed by atoms with van der Waals surface area (Å²) in [5.41, 5.74) is 1.30. The number of benzene rings is 1. The third kappa shape index (κ3) is 6.14. The van der Waals surface area contributed by atoms with Crippen LogP contribution in [0, 0.1) is 0 Å². The van der Waals surface area contributed by atoms with Gasteiger partial charge >= 0.3 is 12.1 Å². The number of carbonyl (C=O) groups is 2. The van der Waals surface area contributed by atoms with Gasteiger partial charge in [0, 0.05) is 38.2 Å². The lowest BCUT2D eigenvalue weighted by atomic mass is 9.69. The molecule has 3 amide bonds. The first-order chi connectivity index (χ1) is 17.6. The molecule has 3 atom stereocenters. The van der Waals surface area contributed by atoms with E-state index < -0.39 is 11.7 Å². The van der Waals surface area contributed by atoms with E-state index >= 15 is 0 Å². The summed E-state index contributed by atoms with van der Waals surface area (Å²) in [6.07, 6.45) is 7.78. The monoisotopic (exact) mass is 515 g/mol. The third-order valence-electron chi connectivity index (χ3n) is 7.29. The summed E-state index contributed by atoms with van der Waals surface area (Å²) in [5.74, 6) is 1.43. The fraction of sp³-hybridized carbons (Fsp3) is 0.643. The predicted octanol–water partition coefficient (Wildman–Crippen LogP) is 4.02. The molecule has 1 aromatic carbocycles. The lowest BCUT2D eigenvalue weighted by molar-refractivity contribution is 0.0526. The van der Waals surface area contributed by atoms with E-state index in [0.29, 0.717) is 38.3 Å². The lowest BCUT2D eigenvalue weighted by Crippen LogP contribution is -2.44. The number of hydrogen-bond donors (Lipinski definition) is 3. The minimum atomic E-state index is -0.532. The average molecular weight is 516 g/mol. The Morgan fingerprint density at radius 3 is 2.59 bits per heavy atom. The van der Waals surface area contributed by atoms with Crippen LogP contribution in [0.3, 0.4) is 0 Å². The van der Waals surface area contributed by atoms with Crippen molar-refractivity contribution in [2.24, 2.45) is 0 Å². The molecule has 0 radical (unpaired) electrons. The Kier molecular flexibility index (Phi) is 8.21. The smallest absolute Gasteiger partial charge is 0.407 e. The van der Waals surface area contributed by atoms with Crippen LogP contribution in [0.25, 0.3) is 0 Å². The molecule has 0 aromatic heterocycles. The van der Waals surface area contributed by atoms with Crippen LogP contribution in [0.5, 0.6) is 11.5 Å². The first-order valence-electron chi connectivity index (χ1n) is 13.4. The molecule has 37 heavy (non-hydrogen) atoms. The van der Waals surface area contributed by atoms with Crippen LogP contribution in [0.2, 0.25) is 0 Å². The SMILES string of the molecule is COc1ccc2c3c1O[C@@H]1CC(O)C=CC31CCN(C(=O)NCCCCCCNC(=O)OC(C)(C)C)C2. The van der Waals surface area contributed by atoms with E-state index in [-0.39, 0.29) is 23.6 Å². The van der Waals surface area contributed by atoms with E-state index in [4.69, 9.17) is 14.2 Å². The molecule has 0 saturated heterocycles. The van der Waals surface area contributed by atoms with E-state index in [9.17, 15) is 14.7 Å². The van der Waals surface area contributed by atoms with Crippen molar-refractivity contribution in [3.63, 3.8) is 0 Å². The van der Waals surface area contributed by atoms with Gasteiger partial charge in [-0.25, -0.2) is 9.59 Å². The highest BCUT2D eigenvalue weighted by Crippen LogP contribution is 2.55. The van der Waals surface area contributed by atoms with Crippen molar-refractivity contribution >= 4 is 12.1 Å². The molecule has 9 heteroatoms. The quantitative estimate of drug-likeness (QED) is 0.357. The number of amides is 3. The van der Waals surface area contributed by atoms with Gasteiger partial charge in [-0.05, 0) is 51.7 Å². The summed E-state index contributed by atoms with van der Waals surface area (Å²) in [5, 5.41) is 16.1. The molecule has 1 spiro atoms. The fourth-order valence-electron chi connectivity index (χ4n) is 5.52. The second-order valence-electron chi connectivity index (χ2n) is 11.2. The standard InChI is InChI=1S/C28H41N3O6/c1-27(2,3)37-26(34)30-15-8-6-5-7-14-29-25(33)31-16-13-28-12-11-20(32)17-22(28)36-24-21(35-4)10-9-19(18-31)23(24)28/h9-12,20,22,32H,5-8,13-18H2,1-4H3,(H,29,33)(H,30,34)/t20?,22-,28?/m1/s1. The van der Waals surface area contributed by atoms with Crippen molar-refractivity contribution in [3.8, 4) is 11.5 Å². The summed E-state index contributed by atoms with van der Waals surface area (Å²) in [4.78, 5) is 26.6. The maximum absolute atomic E-state index is 13.1. The van der Waals surface area contributed by atoms with Crippen molar-refractivity contribution in [1.82, 2.24) is 15.5 Å². The zero-order valence-corrected chi connectivity index (χ0v) is 22.5. The van der Waals surface area contributed by atoms with Gasteiger partial charge < -0.3 is 34.9 Å². The van der Waals surface area contributed by atoms with Gasteiger partial charge in [-0.3, -0.25) is 0 Å². The Morgan fingerprint density at radius 2 is 1.89 bits per heavy atom. The summed E-state index contributed by atoms with van der Waals surface area (Å²) >= 11 is 0. The molecule has 2 heterocycles. The predicted molar refractivity (Wildman–Crippen MR) is 140 cm³/mol. The molecule has 9 nitrogen and oxygen atoms in total. The molecule has 204 valence electrons. The molecular formula is C28H41N3O6. The van der Waals surface area contributed by atoms with Crippen LogP contribution < -0.4 is 20.1 Å². The van der Waals surface area contributed by atoms with Crippen molar-refractivity contribution in [2.75, 3.05) is 26.7 Å². The lowest BCUT2D eigenvalue weighted by Gasteiger charge is -2.35. The molecule has 2 aliphatic heterocycles. The highest BCUT2D eigenvalue weighted by Gasteiger charge is 2.53. The van der Waals surface area contributed by atoms with Crippen molar-refractivity contribution in [1.29, 1.82) is 0 Å². The highest BCUT2D eigenvalue weighted by molar-refractivity contribution is 5.75. The number of nitrogens with one attached hydrogen (secondary N) is 2. The van der Waals surface area contributed by atoms with Gasteiger partial charge in [-0.2, -0.15) is 0 Å². The Hall–Kier alpha value is -2.94. The van der Waals surface area contributed by atoms with Crippen molar-refractivity contribution < 1.29 is 28.9 Å². The van der Waals surface area contributed by atoms with Crippen LogP contribution >= 0.6 is 0 Å². The van der Waals surface area contributed by atoms with Gasteiger partial charge in [0.25, 0.3) is 0 Å². The molecule has 1 aliphatic carbocycles. The Balaban J connectivity index is 1.26. The number of urea groups is 1. The van der Waals surface area contributed by atoms with Crippen molar-refractivity contribution in [3.05, 3.63) is 35.4 Å². The van der Waals surface area contributed by atoms with E-state index in [1.165, 1.54) is 0 Å². The van der Waals surface area contributed by atoms with Crippen LogP contribution in [0.1, 0.15) is 70.4 Å². The maximum atomic E-state index is 13.1.